The van der Waals surface area contributed by atoms with Gasteiger partial charge in [-0.05, 0) is 83.4 Å². The topological polar surface area (TPSA) is 123 Å². The number of benzene rings is 2. The van der Waals surface area contributed by atoms with E-state index in [0.29, 0.717) is 75.5 Å². The molecule has 4 aromatic rings. The Balaban J connectivity index is 1.26. The monoisotopic (exact) mass is 773 g/mol. The number of amides is 3. The first-order valence-corrected chi connectivity index (χ1v) is 18.6. The van der Waals surface area contributed by atoms with Crippen molar-refractivity contribution in [2.24, 2.45) is 0 Å². The number of hydrogen-bond donors (Lipinski definition) is 1. The number of rotatable bonds is 8. The first-order chi connectivity index (χ1) is 25.5. The van der Waals surface area contributed by atoms with Gasteiger partial charge in [0.2, 0.25) is 11.8 Å². The minimum absolute atomic E-state index is 0.0347. The molecule has 1 atom stereocenters. The van der Waals surface area contributed by atoms with Crippen LogP contribution in [0.15, 0.2) is 60.8 Å². The first kappa shape index (κ1) is 38.8. The second-order valence-corrected chi connectivity index (χ2v) is 16.3. The molecular weight excluding hydrogens is 729 g/mol. The van der Waals surface area contributed by atoms with Crippen molar-refractivity contribution < 1.29 is 28.6 Å². The number of aromatic nitrogens is 2. The third-order valence-corrected chi connectivity index (χ3v) is 9.77. The van der Waals surface area contributed by atoms with E-state index in [1.165, 1.54) is 7.11 Å². The molecule has 1 N–H and O–H groups in total. The van der Waals surface area contributed by atoms with E-state index < -0.39 is 17.3 Å². The van der Waals surface area contributed by atoms with Crippen molar-refractivity contribution in [2.75, 3.05) is 13.7 Å². The Hall–Kier alpha value is -4.87. The quantitative estimate of drug-likeness (QED) is 0.188. The van der Waals surface area contributed by atoms with Crippen molar-refractivity contribution in [3.05, 3.63) is 87.5 Å². The van der Waals surface area contributed by atoms with E-state index in [4.69, 9.17) is 42.4 Å². The first-order valence-electron chi connectivity index (χ1n) is 17.8. The van der Waals surface area contributed by atoms with Crippen molar-refractivity contribution >= 4 is 41.3 Å². The van der Waals surface area contributed by atoms with Gasteiger partial charge in [-0.2, -0.15) is 0 Å². The summed E-state index contributed by atoms with van der Waals surface area (Å²) >= 11 is 14.2. The van der Waals surface area contributed by atoms with Gasteiger partial charge in [-0.25, -0.2) is 14.6 Å². The lowest BCUT2D eigenvalue weighted by Gasteiger charge is -2.29. The van der Waals surface area contributed by atoms with Crippen LogP contribution in [-0.2, 0) is 33.9 Å². The molecule has 1 fully saturated rings. The van der Waals surface area contributed by atoms with Crippen LogP contribution in [0.4, 0.5) is 9.59 Å². The standard InChI is InChI=1S/C41H45Cl2N5O6/c1-40(2,3)53-38(50)47-20-25-12-11-24(19-27(25)22-47)36-35(43)30(17-18-44-36)29-9-8-10-31(34(29)42)32-15-13-26(37(46-32)52-7)21-48(39(51)54-41(4,5)6)23-28-14-16-33(49)45-28/h8-13,15,17-19,28H,14,16,20-23H2,1-7H3,(H,45,49)/t28-/m0/s1. The lowest BCUT2D eigenvalue weighted by Crippen LogP contribution is -2.43. The van der Waals surface area contributed by atoms with E-state index in [1.54, 1.807) is 16.0 Å². The molecule has 13 heteroatoms. The summed E-state index contributed by atoms with van der Waals surface area (Å²) in [4.78, 5) is 50.6. The van der Waals surface area contributed by atoms with Crippen LogP contribution in [0.3, 0.4) is 0 Å². The molecule has 11 nitrogen and oxygen atoms in total. The van der Waals surface area contributed by atoms with Gasteiger partial charge in [-0.3, -0.25) is 14.7 Å². The number of nitrogens with one attached hydrogen (secondary N) is 1. The molecule has 0 unspecified atom stereocenters. The minimum Gasteiger partial charge on any atom is -0.481 e. The van der Waals surface area contributed by atoms with Crippen LogP contribution in [0, 0.1) is 0 Å². The zero-order chi connectivity index (χ0) is 38.9. The maximum Gasteiger partial charge on any atom is 0.410 e. The highest BCUT2D eigenvalue weighted by atomic mass is 35.5. The fraction of sp³-hybridized carbons (Fsp3) is 0.390. The van der Waals surface area contributed by atoms with Crippen LogP contribution in [0.2, 0.25) is 10.0 Å². The molecule has 2 aromatic heterocycles. The fourth-order valence-electron chi connectivity index (χ4n) is 6.52. The fourth-order valence-corrected chi connectivity index (χ4v) is 7.17. The van der Waals surface area contributed by atoms with Crippen molar-refractivity contribution in [2.45, 2.75) is 91.3 Å². The van der Waals surface area contributed by atoms with Gasteiger partial charge in [0.25, 0.3) is 0 Å². The molecule has 2 aliphatic heterocycles. The van der Waals surface area contributed by atoms with Crippen LogP contribution < -0.4 is 10.1 Å². The van der Waals surface area contributed by atoms with Gasteiger partial charge in [0.1, 0.15) is 11.2 Å². The number of carbonyl (C=O) groups is 3. The molecule has 0 radical (unpaired) electrons. The number of fused-ring (bicyclic) bond motifs is 1. The summed E-state index contributed by atoms with van der Waals surface area (Å²) in [5, 5.41) is 3.80. The van der Waals surface area contributed by atoms with E-state index >= 15 is 0 Å². The second-order valence-electron chi connectivity index (χ2n) is 15.5. The summed E-state index contributed by atoms with van der Waals surface area (Å²) in [5.41, 5.74) is 5.44. The average Bonchev–Trinajstić information content (AvgIpc) is 3.72. The lowest BCUT2D eigenvalue weighted by atomic mass is 9.98. The Bertz CT molecular complexity index is 2090. The van der Waals surface area contributed by atoms with Gasteiger partial charge in [0, 0.05) is 66.1 Å². The highest BCUT2D eigenvalue weighted by molar-refractivity contribution is 6.39. The Morgan fingerprint density at radius 3 is 2.30 bits per heavy atom. The molecule has 0 saturated carbocycles. The maximum absolute atomic E-state index is 13.3. The third-order valence-electron chi connectivity index (χ3n) is 8.98. The van der Waals surface area contributed by atoms with E-state index in [9.17, 15) is 14.4 Å². The SMILES string of the molecule is COc1nc(-c2cccc(-c3ccnc(-c4ccc5c(c4)CN(C(=O)OC(C)(C)C)C5)c3Cl)c2Cl)ccc1CN(C[C@@H]1CCC(=O)N1)C(=O)OC(C)(C)C. The molecule has 0 bridgehead atoms. The van der Waals surface area contributed by atoms with Crippen molar-refractivity contribution in [3.63, 3.8) is 0 Å². The number of nitrogens with zero attached hydrogens (tertiary/aromatic N) is 4. The van der Waals surface area contributed by atoms with Crippen LogP contribution in [-0.4, -0.2) is 68.8 Å². The smallest absolute Gasteiger partial charge is 0.410 e. The maximum atomic E-state index is 13.3. The summed E-state index contributed by atoms with van der Waals surface area (Å²) in [6.07, 6.45) is 1.90. The van der Waals surface area contributed by atoms with E-state index in [0.717, 1.165) is 16.7 Å². The molecule has 0 spiro atoms. The number of halogens is 2. The largest absolute Gasteiger partial charge is 0.481 e. The van der Waals surface area contributed by atoms with Crippen LogP contribution in [0.5, 0.6) is 5.88 Å². The number of methoxy groups -OCH3 is 1. The Labute approximate surface area is 325 Å². The summed E-state index contributed by atoms with van der Waals surface area (Å²) in [6.45, 7) is 12.3. The zero-order valence-electron chi connectivity index (χ0n) is 31.6. The lowest BCUT2D eigenvalue weighted by molar-refractivity contribution is -0.119. The minimum atomic E-state index is -0.701. The predicted molar refractivity (Wildman–Crippen MR) is 208 cm³/mol. The molecule has 284 valence electrons. The summed E-state index contributed by atoms with van der Waals surface area (Å²) < 4.78 is 17.0. The van der Waals surface area contributed by atoms with Crippen LogP contribution in [0.25, 0.3) is 33.6 Å². The average molecular weight is 775 g/mol. The number of carbonyl (C=O) groups excluding carboxylic acids is 3. The molecule has 1 saturated heterocycles. The number of pyridine rings is 2. The van der Waals surface area contributed by atoms with Crippen LogP contribution >= 0.6 is 23.2 Å². The Kier molecular flexibility index (Phi) is 11.1. The number of hydrogen-bond acceptors (Lipinski definition) is 8. The molecule has 6 rings (SSSR count). The molecule has 2 aromatic carbocycles. The molecular formula is C41H45Cl2N5O6. The Morgan fingerprint density at radius 1 is 0.907 bits per heavy atom. The second kappa shape index (κ2) is 15.5. The van der Waals surface area contributed by atoms with Gasteiger partial charge in [0.15, 0.2) is 0 Å². The molecule has 2 aliphatic rings. The van der Waals surface area contributed by atoms with Crippen molar-refractivity contribution in [1.82, 2.24) is 25.1 Å². The highest BCUT2D eigenvalue weighted by Gasteiger charge is 2.31. The van der Waals surface area contributed by atoms with E-state index in [-0.39, 0.29) is 31.1 Å². The molecule has 54 heavy (non-hydrogen) atoms. The summed E-state index contributed by atoms with van der Waals surface area (Å²) in [6, 6.07) is 16.9. The molecule has 3 amide bonds. The highest BCUT2D eigenvalue weighted by Crippen LogP contribution is 2.42. The zero-order valence-corrected chi connectivity index (χ0v) is 33.1. The Morgan fingerprint density at radius 2 is 1.61 bits per heavy atom. The van der Waals surface area contributed by atoms with Crippen molar-refractivity contribution in [3.8, 4) is 39.5 Å². The van der Waals surface area contributed by atoms with Gasteiger partial charge in [-0.15, -0.1) is 0 Å². The normalized spacial score (nSPS) is 15.5. The number of ether oxygens (including phenoxy) is 3. The van der Waals surface area contributed by atoms with Crippen LogP contribution in [0.1, 0.15) is 71.1 Å². The van der Waals surface area contributed by atoms with Gasteiger partial charge < -0.3 is 24.4 Å². The van der Waals surface area contributed by atoms with Gasteiger partial charge >= 0.3 is 12.2 Å². The van der Waals surface area contributed by atoms with E-state index in [2.05, 4.69) is 10.3 Å². The molecule has 0 aliphatic carbocycles. The summed E-state index contributed by atoms with van der Waals surface area (Å²) in [7, 11) is 1.52. The van der Waals surface area contributed by atoms with Crippen molar-refractivity contribution in [1.29, 1.82) is 0 Å². The van der Waals surface area contributed by atoms with Gasteiger partial charge in [0.05, 0.1) is 35.1 Å². The van der Waals surface area contributed by atoms with Gasteiger partial charge in [-0.1, -0.05) is 53.5 Å². The van der Waals surface area contributed by atoms with E-state index in [1.807, 2.05) is 96.1 Å². The molecule has 4 heterocycles. The summed E-state index contributed by atoms with van der Waals surface area (Å²) in [5.74, 6) is 0.289. The third kappa shape index (κ3) is 8.90. The predicted octanol–water partition coefficient (Wildman–Crippen LogP) is 9.06.